The Bertz CT molecular complexity index is 410. The number of carbonyl (C=O) groups is 2. The number of carbonyl (C=O) groups excluding carboxylic acids is 2. The van der Waals surface area contributed by atoms with Crippen molar-refractivity contribution in [2.75, 3.05) is 0 Å². The first kappa shape index (κ1) is 11.0. The Morgan fingerprint density at radius 3 is 2.53 bits per heavy atom. The van der Waals surface area contributed by atoms with Crippen molar-refractivity contribution in [1.29, 1.82) is 0 Å². The molecule has 2 N–H and O–H groups in total. The minimum absolute atomic E-state index is 0.469. The van der Waals surface area contributed by atoms with Crippen molar-refractivity contribution in [3.8, 4) is 5.75 Å². The van der Waals surface area contributed by atoms with Crippen LogP contribution in [0.1, 0.15) is 5.56 Å². The molecule has 1 amide bonds. The van der Waals surface area contributed by atoms with E-state index in [4.69, 9.17) is 10.5 Å². The van der Waals surface area contributed by atoms with E-state index in [9.17, 15) is 9.59 Å². The smallest absolute Gasteiger partial charge is 0.336 e. The zero-order chi connectivity index (χ0) is 11.3. The van der Waals surface area contributed by atoms with E-state index in [2.05, 4.69) is 0 Å². The third-order valence-corrected chi connectivity index (χ3v) is 1.69. The maximum absolute atomic E-state index is 11.2. The number of aryl methyl sites for hydroxylation is 1. The summed E-state index contributed by atoms with van der Waals surface area (Å²) < 4.78 is 4.96. The molecule has 1 aromatic carbocycles. The predicted molar refractivity (Wildman–Crippen MR) is 55.1 cm³/mol. The number of esters is 1. The lowest BCUT2D eigenvalue weighted by molar-refractivity contribution is -0.129. The van der Waals surface area contributed by atoms with Gasteiger partial charge in [-0.15, -0.1) is 0 Å². The zero-order valence-corrected chi connectivity index (χ0v) is 8.27. The Kier molecular flexibility index (Phi) is 3.62. The zero-order valence-electron chi connectivity index (χ0n) is 8.27. The first-order valence-electron chi connectivity index (χ1n) is 4.34. The van der Waals surface area contributed by atoms with Crippen LogP contribution in [0.15, 0.2) is 36.4 Å². The number of hydrogen-bond donors (Lipinski definition) is 1. The molecule has 4 nitrogen and oxygen atoms in total. The molecule has 0 saturated heterocycles. The maximum Gasteiger partial charge on any atom is 0.336 e. The standard InChI is InChI=1S/C11H11NO3/c1-8-4-2-3-5-9(8)15-11(14)7-6-10(12)13/h2-7H,1H3,(H2,12,13)/b7-6-. The van der Waals surface area contributed by atoms with Crippen LogP contribution in [-0.4, -0.2) is 11.9 Å². The Hall–Kier alpha value is -2.10. The number of amides is 1. The molecule has 0 aliphatic rings. The van der Waals surface area contributed by atoms with Crippen LogP contribution in [-0.2, 0) is 9.59 Å². The van der Waals surface area contributed by atoms with E-state index in [1.54, 1.807) is 12.1 Å². The van der Waals surface area contributed by atoms with Crippen LogP contribution >= 0.6 is 0 Å². The lowest BCUT2D eigenvalue weighted by Crippen LogP contribution is -2.09. The van der Waals surface area contributed by atoms with Crippen molar-refractivity contribution >= 4 is 11.9 Å². The summed E-state index contributed by atoms with van der Waals surface area (Å²) in [5.74, 6) is -0.837. The number of nitrogens with two attached hydrogens (primary N) is 1. The van der Waals surface area contributed by atoms with Gasteiger partial charge in [0.1, 0.15) is 5.75 Å². The average Bonchev–Trinajstić information content (AvgIpc) is 2.18. The van der Waals surface area contributed by atoms with Crippen molar-refractivity contribution in [1.82, 2.24) is 0 Å². The summed E-state index contributed by atoms with van der Waals surface area (Å²) in [5, 5.41) is 0. The third-order valence-electron chi connectivity index (χ3n) is 1.69. The minimum Gasteiger partial charge on any atom is -0.423 e. The second-order valence-electron chi connectivity index (χ2n) is 2.92. The van der Waals surface area contributed by atoms with E-state index in [0.29, 0.717) is 5.75 Å². The van der Waals surface area contributed by atoms with Gasteiger partial charge >= 0.3 is 5.97 Å². The molecule has 1 rings (SSSR count). The fourth-order valence-electron chi connectivity index (χ4n) is 0.964. The van der Waals surface area contributed by atoms with E-state index >= 15 is 0 Å². The number of para-hydroxylation sites is 1. The van der Waals surface area contributed by atoms with Gasteiger partial charge in [0.2, 0.25) is 5.91 Å². The first-order chi connectivity index (χ1) is 7.09. The fourth-order valence-corrected chi connectivity index (χ4v) is 0.964. The number of primary amides is 1. The topological polar surface area (TPSA) is 69.4 Å². The van der Waals surface area contributed by atoms with Gasteiger partial charge in [-0.2, -0.15) is 0 Å². The second kappa shape index (κ2) is 4.95. The van der Waals surface area contributed by atoms with Gasteiger partial charge in [0.25, 0.3) is 0 Å². The highest BCUT2D eigenvalue weighted by Crippen LogP contribution is 2.16. The van der Waals surface area contributed by atoms with Gasteiger partial charge in [-0.3, -0.25) is 4.79 Å². The molecule has 0 aliphatic carbocycles. The molecule has 0 heterocycles. The second-order valence-corrected chi connectivity index (χ2v) is 2.92. The van der Waals surface area contributed by atoms with E-state index in [-0.39, 0.29) is 0 Å². The molecule has 78 valence electrons. The van der Waals surface area contributed by atoms with Gasteiger partial charge in [-0.25, -0.2) is 4.79 Å². The fraction of sp³-hybridized carbons (Fsp3) is 0.0909. The van der Waals surface area contributed by atoms with Gasteiger partial charge in [0.15, 0.2) is 0 Å². The molecule has 0 spiro atoms. The van der Waals surface area contributed by atoms with Crippen molar-refractivity contribution in [2.45, 2.75) is 6.92 Å². The van der Waals surface area contributed by atoms with Gasteiger partial charge < -0.3 is 10.5 Å². The Morgan fingerprint density at radius 2 is 1.93 bits per heavy atom. The lowest BCUT2D eigenvalue weighted by atomic mass is 10.2. The molecule has 15 heavy (non-hydrogen) atoms. The molecule has 0 unspecified atom stereocenters. The summed E-state index contributed by atoms with van der Waals surface area (Å²) in [6.07, 6.45) is 1.95. The van der Waals surface area contributed by atoms with Crippen LogP contribution in [0.4, 0.5) is 0 Å². The maximum atomic E-state index is 11.2. The van der Waals surface area contributed by atoms with Gasteiger partial charge in [0, 0.05) is 12.2 Å². The SMILES string of the molecule is Cc1ccccc1OC(=O)/C=C\C(N)=O. The van der Waals surface area contributed by atoms with Crippen LogP contribution in [0, 0.1) is 6.92 Å². The van der Waals surface area contributed by atoms with E-state index < -0.39 is 11.9 Å². The Balaban J connectivity index is 2.67. The Labute approximate surface area is 87.3 Å². The van der Waals surface area contributed by atoms with Crippen molar-refractivity contribution in [3.05, 3.63) is 42.0 Å². The highest BCUT2D eigenvalue weighted by atomic mass is 16.5. The van der Waals surface area contributed by atoms with Crippen molar-refractivity contribution < 1.29 is 14.3 Å². The van der Waals surface area contributed by atoms with Crippen LogP contribution < -0.4 is 10.5 Å². The number of ether oxygens (including phenoxy) is 1. The van der Waals surface area contributed by atoms with Crippen molar-refractivity contribution in [3.63, 3.8) is 0 Å². The summed E-state index contributed by atoms with van der Waals surface area (Å²) >= 11 is 0. The number of rotatable bonds is 3. The largest absolute Gasteiger partial charge is 0.423 e. The van der Waals surface area contributed by atoms with Gasteiger partial charge in [-0.1, -0.05) is 18.2 Å². The molecule has 4 heteroatoms. The molecule has 0 fully saturated rings. The summed E-state index contributed by atoms with van der Waals surface area (Å²) in [7, 11) is 0. The molecule has 0 bridgehead atoms. The Morgan fingerprint density at radius 1 is 1.27 bits per heavy atom. The molecule has 0 aromatic heterocycles. The van der Waals surface area contributed by atoms with Gasteiger partial charge in [-0.05, 0) is 18.6 Å². The lowest BCUT2D eigenvalue weighted by Gasteiger charge is -2.03. The highest BCUT2D eigenvalue weighted by molar-refractivity contribution is 5.94. The van der Waals surface area contributed by atoms with Crippen LogP contribution in [0.5, 0.6) is 5.75 Å². The monoisotopic (exact) mass is 205 g/mol. The minimum atomic E-state index is -0.684. The molecule has 0 aliphatic heterocycles. The molecule has 0 atom stereocenters. The molecule has 0 radical (unpaired) electrons. The third kappa shape index (κ3) is 3.64. The predicted octanol–water partition coefficient (Wildman–Crippen LogP) is 0.942. The molecular weight excluding hydrogens is 194 g/mol. The van der Waals surface area contributed by atoms with E-state index in [0.717, 1.165) is 17.7 Å². The quantitative estimate of drug-likeness (QED) is 0.453. The molecule has 0 saturated carbocycles. The summed E-state index contributed by atoms with van der Waals surface area (Å²) in [6, 6.07) is 7.09. The summed E-state index contributed by atoms with van der Waals surface area (Å²) in [5.41, 5.74) is 5.68. The van der Waals surface area contributed by atoms with Crippen molar-refractivity contribution in [2.24, 2.45) is 5.73 Å². The normalized spacial score (nSPS) is 10.2. The van der Waals surface area contributed by atoms with Crippen LogP contribution in [0.3, 0.4) is 0 Å². The number of hydrogen-bond acceptors (Lipinski definition) is 3. The van der Waals surface area contributed by atoms with Crippen LogP contribution in [0.2, 0.25) is 0 Å². The van der Waals surface area contributed by atoms with E-state index in [1.807, 2.05) is 19.1 Å². The van der Waals surface area contributed by atoms with Crippen LogP contribution in [0.25, 0.3) is 0 Å². The molecule has 1 aromatic rings. The first-order valence-corrected chi connectivity index (χ1v) is 4.34. The van der Waals surface area contributed by atoms with E-state index in [1.165, 1.54) is 0 Å². The summed E-state index contributed by atoms with van der Waals surface area (Å²) in [6.45, 7) is 1.82. The highest BCUT2D eigenvalue weighted by Gasteiger charge is 2.02. The van der Waals surface area contributed by atoms with Gasteiger partial charge in [0.05, 0.1) is 0 Å². The summed E-state index contributed by atoms with van der Waals surface area (Å²) in [4.78, 5) is 21.5. The number of benzene rings is 1. The molecular formula is C11H11NO3. The average molecular weight is 205 g/mol.